The molecule has 1 heteroatoms. The van der Waals surface area contributed by atoms with Crippen LogP contribution in [0.15, 0.2) is 0 Å². The van der Waals surface area contributed by atoms with E-state index in [1.165, 1.54) is 25.9 Å². The van der Waals surface area contributed by atoms with E-state index in [9.17, 15) is 0 Å². The average Bonchev–Trinajstić information content (AvgIpc) is 2.64. The first-order chi connectivity index (χ1) is 4.38. The Balaban J connectivity index is 2.12. The standard InChI is InChI=1S/C8H16N/c1-3-7-9(4-2)8-5-6-8/h8H,1,3-7H2,2H3. The van der Waals surface area contributed by atoms with Gasteiger partial charge in [0.1, 0.15) is 0 Å². The lowest BCUT2D eigenvalue weighted by atomic mass is 10.4. The smallest absolute Gasteiger partial charge is 0.00963 e. The molecule has 0 heterocycles. The van der Waals surface area contributed by atoms with Crippen molar-refractivity contribution in [1.82, 2.24) is 4.90 Å². The second kappa shape index (κ2) is 3.21. The molecule has 0 N–H and O–H groups in total. The van der Waals surface area contributed by atoms with Gasteiger partial charge in [-0.25, -0.2) is 0 Å². The molecule has 0 atom stereocenters. The van der Waals surface area contributed by atoms with Crippen LogP contribution in [0.25, 0.3) is 0 Å². The zero-order valence-electron chi connectivity index (χ0n) is 6.27. The highest BCUT2D eigenvalue weighted by Gasteiger charge is 2.26. The summed E-state index contributed by atoms with van der Waals surface area (Å²) in [7, 11) is 0. The molecule has 1 aliphatic carbocycles. The van der Waals surface area contributed by atoms with E-state index >= 15 is 0 Å². The van der Waals surface area contributed by atoms with E-state index in [-0.39, 0.29) is 0 Å². The summed E-state index contributed by atoms with van der Waals surface area (Å²) in [5.74, 6) is 0. The third-order valence-corrected chi connectivity index (χ3v) is 1.91. The number of rotatable bonds is 4. The minimum absolute atomic E-state index is 0.928. The summed E-state index contributed by atoms with van der Waals surface area (Å²) >= 11 is 0. The highest BCUT2D eigenvalue weighted by Crippen LogP contribution is 2.26. The maximum atomic E-state index is 3.84. The van der Waals surface area contributed by atoms with Crippen molar-refractivity contribution in [3.63, 3.8) is 0 Å². The van der Waals surface area contributed by atoms with Crippen molar-refractivity contribution in [1.29, 1.82) is 0 Å². The van der Waals surface area contributed by atoms with E-state index in [0.717, 1.165) is 12.5 Å². The van der Waals surface area contributed by atoms with Crippen LogP contribution in [0.5, 0.6) is 0 Å². The SMILES string of the molecule is [CH2]CCN(CC)C1CC1. The fourth-order valence-corrected chi connectivity index (χ4v) is 1.24. The van der Waals surface area contributed by atoms with Crippen molar-refractivity contribution in [2.75, 3.05) is 13.1 Å². The predicted octanol–water partition coefficient (Wildman–Crippen LogP) is 1.69. The fourth-order valence-electron chi connectivity index (χ4n) is 1.24. The van der Waals surface area contributed by atoms with Gasteiger partial charge in [-0.1, -0.05) is 13.8 Å². The summed E-state index contributed by atoms with van der Waals surface area (Å²) in [4.78, 5) is 2.52. The molecule has 0 aromatic rings. The van der Waals surface area contributed by atoms with Crippen LogP contribution >= 0.6 is 0 Å². The molecule has 1 fully saturated rings. The van der Waals surface area contributed by atoms with E-state index in [1.54, 1.807) is 0 Å². The van der Waals surface area contributed by atoms with E-state index < -0.39 is 0 Å². The van der Waals surface area contributed by atoms with Gasteiger partial charge < -0.3 is 4.90 Å². The average molecular weight is 126 g/mol. The molecular weight excluding hydrogens is 110 g/mol. The molecule has 0 aromatic carbocycles. The first-order valence-corrected chi connectivity index (χ1v) is 3.91. The van der Waals surface area contributed by atoms with Crippen LogP contribution in [0.4, 0.5) is 0 Å². The van der Waals surface area contributed by atoms with Gasteiger partial charge in [-0.3, -0.25) is 0 Å². The quantitative estimate of drug-likeness (QED) is 0.554. The lowest BCUT2D eigenvalue weighted by Gasteiger charge is -2.17. The first-order valence-electron chi connectivity index (χ1n) is 3.91. The second-order valence-electron chi connectivity index (χ2n) is 2.71. The van der Waals surface area contributed by atoms with E-state index in [0.29, 0.717) is 0 Å². The Morgan fingerprint density at radius 2 is 2.22 bits per heavy atom. The Labute approximate surface area is 58.0 Å². The molecule has 1 saturated carbocycles. The predicted molar refractivity (Wildman–Crippen MR) is 40.2 cm³/mol. The minimum atomic E-state index is 0.928. The van der Waals surface area contributed by atoms with Gasteiger partial charge >= 0.3 is 0 Å². The van der Waals surface area contributed by atoms with Crippen LogP contribution in [0.2, 0.25) is 0 Å². The summed E-state index contributed by atoms with van der Waals surface area (Å²) in [5.41, 5.74) is 0. The van der Waals surface area contributed by atoms with Gasteiger partial charge in [0.15, 0.2) is 0 Å². The van der Waals surface area contributed by atoms with E-state index in [4.69, 9.17) is 0 Å². The third kappa shape index (κ3) is 1.98. The Hall–Kier alpha value is -0.0400. The van der Waals surface area contributed by atoms with Crippen LogP contribution < -0.4 is 0 Å². The molecule has 0 bridgehead atoms. The van der Waals surface area contributed by atoms with Crippen molar-refractivity contribution in [2.45, 2.75) is 32.2 Å². The van der Waals surface area contributed by atoms with Gasteiger partial charge in [0.2, 0.25) is 0 Å². The summed E-state index contributed by atoms with van der Waals surface area (Å²) in [6.07, 6.45) is 3.91. The zero-order chi connectivity index (χ0) is 6.69. The zero-order valence-corrected chi connectivity index (χ0v) is 6.27. The molecule has 0 aromatic heterocycles. The van der Waals surface area contributed by atoms with Crippen LogP contribution in [0.3, 0.4) is 0 Å². The number of hydrogen-bond donors (Lipinski definition) is 0. The largest absolute Gasteiger partial charge is 0.301 e. The van der Waals surface area contributed by atoms with E-state index in [2.05, 4.69) is 18.7 Å². The molecule has 1 aliphatic rings. The maximum absolute atomic E-state index is 3.84. The normalized spacial score (nSPS) is 19.0. The maximum Gasteiger partial charge on any atom is 0.00963 e. The number of hydrogen-bond acceptors (Lipinski definition) is 1. The Morgan fingerprint density at radius 3 is 2.56 bits per heavy atom. The van der Waals surface area contributed by atoms with Crippen molar-refractivity contribution >= 4 is 0 Å². The van der Waals surface area contributed by atoms with Crippen molar-refractivity contribution in [3.8, 4) is 0 Å². The molecule has 9 heavy (non-hydrogen) atoms. The summed E-state index contributed by atoms with van der Waals surface area (Å²) in [5, 5.41) is 0. The number of nitrogens with zero attached hydrogens (tertiary/aromatic N) is 1. The monoisotopic (exact) mass is 126 g/mol. The van der Waals surface area contributed by atoms with Crippen molar-refractivity contribution in [3.05, 3.63) is 6.92 Å². The van der Waals surface area contributed by atoms with Crippen molar-refractivity contribution in [2.24, 2.45) is 0 Å². The Morgan fingerprint density at radius 1 is 1.56 bits per heavy atom. The summed E-state index contributed by atoms with van der Waals surface area (Å²) in [6.45, 7) is 8.48. The first kappa shape index (κ1) is 7.07. The van der Waals surface area contributed by atoms with Crippen LogP contribution in [0, 0.1) is 6.92 Å². The highest BCUT2D eigenvalue weighted by atomic mass is 15.2. The lowest BCUT2D eigenvalue weighted by Crippen LogP contribution is -2.26. The Bertz CT molecular complexity index is 76.6. The molecule has 1 radical (unpaired) electrons. The minimum Gasteiger partial charge on any atom is -0.301 e. The molecule has 0 saturated heterocycles. The lowest BCUT2D eigenvalue weighted by molar-refractivity contribution is 0.283. The Kier molecular flexibility index (Phi) is 2.52. The topological polar surface area (TPSA) is 3.24 Å². The van der Waals surface area contributed by atoms with Crippen molar-refractivity contribution < 1.29 is 0 Å². The van der Waals surface area contributed by atoms with Gasteiger partial charge in [0, 0.05) is 6.04 Å². The molecule has 0 aliphatic heterocycles. The highest BCUT2D eigenvalue weighted by molar-refractivity contribution is 4.83. The fraction of sp³-hybridized carbons (Fsp3) is 0.875. The summed E-state index contributed by atoms with van der Waals surface area (Å²) < 4.78 is 0. The van der Waals surface area contributed by atoms with Crippen LogP contribution in [-0.2, 0) is 0 Å². The van der Waals surface area contributed by atoms with Gasteiger partial charge in [-0.05, 0) is 32.4 Å². The third-order valence-electron chi connectivity index (χ3n) is 1.91. The van der Waals surface area contributed by atoms with Crippen LogP contribution in [-0.4, -0.2) is 24.0 Å². The molecule has 0 amide bonds. The van der Waals surface area contributed by atoms with Gasteiger partial charge in [-0.2, -0.15) is 0 Å². The molecule has 1 rings (SSSR count). The van der Waals surface area contributed by atoms with Crippen LogP contribution in [0.1, 0.15) is 26.2 Å². The van der Waals surface area contributed by atoms with Gasteiger partial charge in [0.05, 0.1) is 0 Å². The van der Waals surface area contributed by atoms with E-state index in [1.807, 2.05) is 0 Å². The van der Waals surface area contributed by atoms with Gasteiger partial charge in [-0.15, -0.1) is 0 Å². The molecule has 1 nitrogen and oxygen atoms in total. The molecule has 0 unspecified atom stereocenters. The van der Waals surface area contributed by atoms with Gasteiger partial charge in [0.25, 0.3) is 0 Å². The summed E-state index contributed by atoms with van der Waals surface area (Å²) in [6, 6.07) is 0.928. The molecule has 0 spiro atoms. The molecule has 53 valence electrons. The second-order valence-corrected chi connectivity index (χ2v) is 2.71. The molecular formula is C8H16N.